The molecule has 2 heterocycles. The predicted molar refractivity (Wildman–Crippen MR) is 114 cm³/mol. The molecule has 7 nitrogen and oxygen atoms in total. The van der Waals surface area contributed by atoms with Crippen molar-refractivity contribution in [1.29, 1.82) is 0 Å². The molecule has 2 amide bonds. The van der Waals surface area contributed by atoms with Gasteiger partial charge in [-0.15, -0.1) is 0 Å². The van der Waals surface area contributed by atoms with Gasteiger partial charge in [0, 0.05) is 31.9 Å². The number of carbonyl (C=O) groups is 2. The van der Waals surface area contributed by atoms with E-state index in [9.17, 15) is 14.0 Å². The van der Waals surface area contributed by atoms with Gasteiger partial charge in [0.05, 0.1) is 12.1 Å². The molecular formula is C22H24FN5O2. The van der Waals surface area contributed by atoms with Crippen LogP contribution >= 0.6 is 0 Å². The summed E-state index contributed by atoms with van der Waals surface area (Å²) in [6.07, 6.45) is -0.132. The fourth-order valence-corrected chi connectivity index (χ4v) is 3.64. The standard InChI is InChI=1S/C22H24FN5O2/c1-15-7-8-18(17(23)13-15)24-20(29)14-19-21(30)26-22(25-19)28-11-9-27(10-12-28)16-5-3-2-4-6-16/h2-8,13,19H,9-12,14H2,1H3,(H,24,29)(H,25,26,30). The van der Waals surface area contributed by atoms with Gasteiger partial charge in [-0.3, -0.25) is 14.9 Å². The SMILES string of the molecule is Cc1ccc(NC(=O)CC2N=C(N3CCN(c4ccccc4)CC3)NC2=O)c(F)c1. The minimum absolute atomic E-state index is 0.102. The second kappa shape index (κ2) is 8.52. The number of halogens is 1. The fourth-order valence-electron chi connectivity index (χ4n) is 3.64. The maximum absolute atomic E-state index is 13.9. The molecule has 2 aliphatic rings. The van der Waals surface area contributed by atoms with E-state index in [4.69, 9.17) is 0 Å². The third kappa shape index (κ3) is 4.42. The highest BCUT2D eigenvalue weighted by Crippen LogP contribution is 2.18. The summed E-state index contributed by atoms with van der Waals surface area (Å²) >= 11 is 0. The average Bonchev–Trinajstić information content (AvgIpc) is 3.11. The molecule has 0 aliphatic carbocycles. The second-order valence-corrected chi connectivity index (χ2v) is 7.50. The molecule has 1 fully saturated rings. The van der Waals surface area contributed by atoms with Crippen LogP contribution in [0.1, 0.15) is 12.0 Å². The Morgan fingerprint density at radius 2 is 1.83 bits per heavy atom. The summed E-state index contributed by atoms with van der Waals surface area (Å²) in [6.45, 7) is 4.85. The topological polar surface area (TPSA) is 77.0 Å². The monoisotopic (exact) mass is 409 g/mol. The van der Waals surface area contributed by atoms with E-state index in [0.29, 0.717) is 5.96 Å². The van der Waals surface area contributed by atoms with Crippen LogP contribution in [-0.4, -0.2) is 54.9 Å². The van der Waals surface area contributed by atoms with Crippen LogP contribution in [0.3, 0.4) is 0 Å². The van der Waals surface area contributed by atoms with Gasteiger partial charge in [-0.1, -0.05) is 24.3 Å². The smallest absolute Gasteiger partial charge is 0.252 e. The number of hydrogen-bond donors (Lipinski definition) is 2. The molecule has 30 heavy (non-hydrogen) atoms. The molecule has 2 N–H and O–H groups in total. The van der Waals surface area contributed by atoms with Crippen molar-refractivity contribution in [3.8, 4) is 0 Å². The lowest BCUT2D eigenvalue weighted by Gasteiger charge is -2.36. The van der Waals surface area contributed by atoms with E-state index in [1.54, 1.807) is 13.0 Å². The molecule has 8 heteroatoms. The molecule has 1 atom stereocenters. The van der Waals surface area contributed by atoms with Gasteiger partial charge in [0.25, 0.3) is 5.91 Å². The van der Waals surface area contributed by atoms with Crippen LogP contribution in [0.15, 0.2) is 53.5 Å². The minimum Gasteiger partial charge on any atom is -0.368 e. The van der Waals surface area contributed by atoms with Crippen molar-refractivity contribution in [3.63, 3.8) is 0 Å². The normalized spacial score (nSPS) is 18.8. The zero-order chi connectivity index (χ0) is 21.1. The fraction of sp³-hybridized carbons (Fsp3) is 0.318. The van der Waals surface area contributed by atoms with Gasteiger partial charge >= 0.3 is 0 Å². The number of amides is 2. The molecule has 2 aromatic carbocycles. The van der Waals surface area contributed by atoms with Gasteiger partial charge < -0.3 is 15.1 Å². The third-order valence-corrected chi connectivity index (χ3v) is 5.29. The first-order valence-corrected chi connectivity index (χ1v) is 9.99. The van der Waals surface area contributed by atoms with Crippen LogP contribution in [0.2, 0.25) is 0 Å². The Morgan fingerprint density at radius 3 is 2.53 bits per heavy atom. The zero-order valence-electron chi connectivity index (χ0n) is 16.8. The van der Waals surface area contributed by atoms with Crippen molar-refractivity contribution in [2.45, 2.75) is 19.4 Å². The highest BCUT2D eigenvalue weighted by atomic mass is 19.1. The Labute approximate surface area is 174 Å². The number of aliphatic imine (C=N–C) groups is 1. The lowest BCUT2D eigenvalue weighted by molar-refractivity contribution is -0.124. The van der Waals surface area contributed by atoms with Crippen LogP contribution < -0.4 is 15.5 Å². The van der Waals surface area contributed by atoms with Crippen molar-refractivity contribution >= 4 is 29.1 Å². The van der Waals surface area contributed by atoms with Gasteiger partial charge in [-0.25, -0.2) is 9.38 Å². The lowest BCUT2D eigenvalue weighted by Crippen LogP contribution is -2.52. The van der Waals surface area contributed by atoms with E-state index >= 15 is 0 Å². The summed E-state index contributed by atoms with van der Waals surface area (Å²) in [4.78, 5) is 33.3. The summed E-state index contributed by atoms with van der Waals surface area (Å²) in [7, 11) is 0. The van der Waals surface area contributed by atoms with E-state index in [0.717, 1.165) is 31.7 Å². The van der Waals surface area contributed by atoms with Crippen molar-refractivity contribution in [2.75, 3.05) is 36.4 Å². The van der Waals surface area contributed by atoms with Crippen molar-refractivity contribution in [2.24, 2.45) is 4.99 Å². The van der Waals surface area contributed by atoms with E-state index < -0.39 is 17.8 Å². The van der Waals surface area contributed by atoms with Crippen LogP contribution in [0.25, 0.3) is 0 Å². The number of hydrogen-bond acceptors (Lipinski definition) is 5. The molecule has 0 bridgehead atoms. The average molecular weight is 409 g/mol. The summed E-state index contributed by atoms with van der Waals surface area (Å²) in [6, 6.07) is 14.0. The molecule has 0 spiro atoms. The molecule has 2 aliphatic heterocycles. The highest BCUT2D eigenvalue weighted by Gasteiger charge is 2.32. The molecule has 2 aromatic rings. The lowest BCUT2D eigenvalue weighted by atomic mass is 10.2. The Kier molecular flexibility index (Phi) is 5.65. The molecular weight excluding hydrogens is 385 g/mol. The molecule has 0 radical (unpaired) electrons. The number of aryl methyl sites for hydroxylation is 1. The minimum atomic E-state index is -0.805. The molecule has 1 saturated heterocycles. The van der Waals surface area contributed by atoms with Gasteiger partial charge in [0.15, 0.2) is 0 Å². The number of para-hydroxylation sites is 1. The number of piperazine rings is 1. The number of benzene rings is 2. The third-order valence-electron chi connectivity index (χ3n) is 5.29. The molecule has 0 aromatic heterocycles. The summed E-state index contributed by atoms with van der Waals surface area (Å²) < 4.78 is 13.9. The summed E-state index contributed by atoms with van der Waals surface area (Å²) in [5.74, 6) is -0.751. The predicted octanol–water partition coefficient (Wildman–Crippen LogP) is 2.14. The number of anilines is 2. The van der Waals surface area contributed by atoms with Crippen molar-refractivity contribution in [1.82, 2.24) is 10.2 Å². The number of rotatable bonds is 4. The molecule has 1 unspecified atom stereocenters. The largest absolute Gasteiger partial charge is 0.368 e. The first-order valence-electron chi connectivity index (χ1n) is 9.99. The van der Waals surface area contributed by atoms with E-state index in [1.807, 2.05) is 23.1 Å². The van der Waals surface area contributed by atoms with E-state index in [1.165, 1.54) is 17.8 Å². The van der Waals surface area contributed by atoms with Crippen molar-refractivity contribution < 1.29 is 14.0 Å². The Morgan fingerprint density at radius 1 is 1.13 bits per heavy atom. The molecule has 156 valence electrons. The Bertz CT molecular complexity index is 971. The van der Waals surface area contributed by atoms with Gasteiger partial charge in [0.2, 0.25) is 11.9 Å². The molecule has 4 rings (SSSR count). The number of carbonyl (C=O) groups excluding carboxylic acids is 2. The number of nitrogens with one attached hydrogen (secondary N) is 2. The van der Waals surface area contributed by atoms with Gasteiger partial charge in [0.1, 0.15) is 11.9 Å². The summed E-state index contributed by atoms with van der Waals surface area (Å²) in [5, 5.41) is 5.30. The zero-order valence-corrected chi connectivity index (χ0v) is 16.8. The summed E-state index contributed by atoms with van der Waals surface area (Å²) in [5.41, 5.74) is 2.04. The second-order valence-electron chi connectivity index (χ2n) is 7.50. The van der Waals surface area contributed by atoms with Crippen LogP contribution in [0.4, 0.5) is 15.8 Å². The number of guanidine groups is 1. The molecule has 0 saturated carbocycles. The van der Waals surface area contributed by atoms with Crippen LogP contribution in [0, 0.1) is 12.7 Å². The van der Waals surface area contributed by atoms with Crippen LogP contribution in [0.5, 0.6) is 0 Å². The first kappa shape index (κ1) is 19.9. The Hall–Kier alpha value is -3.42. The van der Waals surface area contributed by atoms with E-state index in [2.05, 4.69) is 32.7 Å². The van der Waals surface area contributed by atoms with Gasteiger partial charge in [-0.05, 0) is 36.8 Å². The number of nitrogens with zero attached hydrogens (tertiary/aromatic N) is 3. The maximum atomic E-state index is 13.9. The van der Waals surface area contributed by atoms with E-state index in [-0.39, 0.29) is 18.0 Å². The quantitative estimate of drug-likeness (QED) is 0.811. The highest BCUT2D eigenvalue weighted by molar-refractivity contribution is 6.07. The Balaban J connectivity index is 1.33. The van der Waals surface area contributed by atoms with Gasteiger partial charge in [-0.2, -0.15) is 0 Å². The van der Waals surface area contributed by atoms with Crippen LogP contribution in [-0.2, 0) is 9.59 Å². The maximum Gasteiger partial charge on any atom is 0.252 e. The van der Waals surface area contributed by atoms with Crippen molar-refractivity contribution in [3.05, 3.63) is 59.9 Å². The first-order chi connectivity index (χ1) is 14.5.